The van der Waals surface area contributed by atoms with Gasteiger partial charge in [-0.15, -0.1) is 0 Å². The van der Waals surface area contributed by atoms with Crippen LogP contribution < -0.4 is 10.2 Å². The van der Waals surface area contributed by atoms with Crippen LogP contribution in [0.4, 0.5) is 11.4 Å². The molecule has 1 aliphatic heterocycles. The number of carbonyl (C=O) groups excluding carboxylic acids is 2. The molecule has 4 rings (SSSR count). The molecule has 6 heteroatoms. The first kappa shape index (κ1) is 17.1. The molecule has 2 amide bonds. The first-order valence-corrected chi connectivity index (χ1v) is 8.96. The van der Waals surface area contributed by atoms with Gasteiger partial charge in [0.05, 0.1) is 11.5 Å². The minimum Gasteiger partial charge on any atom is -0.378 e. The number of hydrogen-bond acceptors (Lipinski definition) is 3. The Balaban J connectivity index is 1.36. The summed E-state index contributed by atoms with van der Waals surface area (Å²) < 4.78 is 0. The molecule has 1 aromatic heterocycles. The minimum absolute atomic E-state index is 0.0353. The largest absolute Gasteiger partial charge is 0.378 e. The van der Waals surface area contributed by atoms with Gasteiger partial charge in [0.25, 0.3) is 5.91 Å². The van der Waals surface area contributed by atoms with Gasteiger partial charge in [0.15, 0.2) is 0 Å². The molecule has 2 aromatic carbocycles. The number of benzene rings is 2. The molecule has 1 saturated heterocycles. The number of hydrogen-bond donors (Lipinski definition) is 2. The van der Waals surface area contributed by atoms with Gasteiger partial charge >= 0.3 is 0 Å². The highest BCUT2D eigenvalue weighted by Crippen LogP contribution is 2.25. The van der Waals surface area contributed by atoms with Gasteiger partial charge in [0.2, 0.25) is 5.91 Å². The smallest absolute Gasteiger partial charge is 0.256 e. The number of fused-ring (bicyclic) bond motifs is 1. The first-order chi connectivity index (χ1) is 13.0. The molecule has 3 aromatic rings. The van der Waals surface area contributed by atoms with E-state index in [1.165, 1.54) is 0 Å². The summed E-state index contributed by atoms with van der Waals surface area (Å²) in [5.41, 5.74) is 3.44. The van der Waals surface area contributed by atoms with Crippen molar-refractivity contribution in [3.05, 3.63) is 60.3 Å². The lowest BCUT2D eigenvalue weighted by Gasteiger charge is -2.38. The van der Waals surface area contributed by atoms with E-state index in [-0.39, 0.29) is 17.7 Å². The highest BCUT2D eigenvalue weighted by atomic mass is 16.2. The second-order valence-electron chi connectivity index (χ2n) is 7.09. The van der Waals surface area contributed by atoms with E-state index in [0.29, 0.717) is 18.7 Å². The zero-order chi connectivity index (χ0) is 19.0. The Morgan fingerprint density at radius 2 is 1.78 bits per heavy atom. The zero-order valence-electron chi connectivity index (χ0n) is 15.4. The number of aromatic nitrogens is 1. The number of amides is 2. The van der Waals surface area contributed by atoms with Crippen LogP contribution in [0.15, 0.2) is 54.7 Å². The number of aromatic amines is 1. The molecular weight excluding hydrogens is 340 g/mol. The Morgan fingerprint density at radius 1 is 1.07 bits per heavy atom. The number of likely N-dealkylation sites (tertiary alicyclic amines) is 1. The molecule has 2 heterocycles. The summed E-state index contributed by atoms with van der Waals surface area (Å²) in [6.07, 6.45) is 1.74. The molecule has 27 heavy (non-hydrogen) atoms. The lowest BCUT2D eigenvalue weighted by atomic mass is 9.97. The monoisotopic (exact) mass is 362 g/mol. The van der Waals surface area contributed by atoms with Crippen molar-refractivity contribution in [2.75, 3.05) is 37.4 Å². The quantitative estimate of drug-likeness (QED) is 0.750. The number of rotatable bonds is 4. The van der Waals surface area contributed by atoms with Crippen LogP contribution in [0, 0.1) is 5.92 Å². The van der Waals surface area contributed by atoms with E-state index >= 15 is 0 Å². The molecule has 1 aliphatic rings. The van der Waals surface area contributed by atoms with Crippen molar-refractivity contribution in [2.45, 2.75) is 0 Å². The summed E-state index contributed by atoms with van der Waals surface area (Å²) in [4.78, 5) is 32.0. The van der Waals surface area contributed by atoms with Gasteiger partial charge in [-0.05, 0) is 30.3 Å². The maximum atomic E-state index is 12.7. The van der Waals surface area contributed by atoms with Gasteiger partial charge in [-0.2, -0.15) is 0 Å². The molecule has 0 atom stereocenters. The fourth-order valence-electron chi connectivity index (χ4n) is 3.32. The Bertz CT molecular complexity index is 985. The fraction of sp³-hybridized carbons (Fsp3) is 0.238. The lowest BCUT2D eigenvalue weighted by molar-refractivity contribution is -0.123. The summed E-state index contributed by atoms with van der Waals surface area (Å²) >= 11 is 0. The SMILES string of the molecule is CN(C)c1ccc(NC(=O)C2CN(C(=O)c3c[nH]c4ccccc34)C2)cc1. The highest BCUT2D eigenvalue weighted by molar-refractivity contribution is 6.07. The van der Waals surface area contributed by atoms with Crippen LogP contribution in [0.2, 0.25) is 0 Å². The Kier molecular flexibility index (Phi) is 4.32. The van der Waals surface area contributed by atoms with E-state index < -0.39 is 0 Å². The Hall–Kier alpha value is -3.28. The number of para-hydroxylation sites is 1. The third kappa shape index (κ3) is 3.26. The molecule has 2 N–H and O–H groups in total. The van der Waals surface area contributed by atoms with Crippen LogP contribution >= 0.6 is 0 Å². The van der Waals surface area contributed by atoms with Gasteiger partial charge in [-0.3, -0.25) is 9.59 Å². The van der Waals surface area contributed by atoms with Crippen molar-refractivity contribution in [1.29, 1.82) is 0 Å². The molecule has 0 unspecified atom stereocenters. The summed E-state index contributed by atoms with van der Waals surface area (Å²) in [6, 6.07) is 15.4. The Morgan fingerprint density at radius 3 is 2.48 bits per heavy atom. The van der Waals surface area contributed by atoms with Crippen molar-refractivity contribution in [3.8, 4) is 0 Å². The van der Waals surface area contributed by atoms with Crippen LogP contribution in [0.25, 0.3) is 10.9 Å². The van der Waals surface area contributed by atoms with Crippen LogP contribution in [-0.2, 0) is 4.79 Å². The number of nitrogens with zero attached hydrogens (tertiary/aromatic N) is 2. The molecule has 0 spiro atoms. The van der Waals surface area contributed by atoms with Gasteiger partial charge in [-0.1, -0.05) is 18.2 Å². The van der Waals surface area contributed by atoms with E-state index in [9.17, 15) is 9.59 Å². The van der Waals surface area contributed by atoms with E-state index in [1.807, 2.05) is 67.5 Å². The van der Waals surface area contributed by atoms with Crippen molar-refractivity contribution in [3.63, 3.8) is 0 Å². The standard InChI is InChI=1S/C21H22N4O2/c1-24(2)16-9-7-15(8-10-16)23-20(26)14-12-25(13-14)21(27)18-11-22-19-6-4-3-5-17(18)19/h3-11,14,22H,12-13H2,1-2H3,(H,23,26). The van der Waals surface area contributed by atoms with Gasteiger partial charge in [0.1, 0.15) is 0 Å². The van der Waals surface area contributed by atoms with Crippen molar-refractivity contribution >= 4 is 34.1 Å². The second kappa shape index (κ2) is 6.79. The van der Waals surface area contributed by atoms with Crippen molar-refractivity contribution in [1.82, 2.24) is 9.88 Å². The predicted molar refractivity (Wildman–Crippen MR) is 107 cm³/mol. The summed E-state index contributed by atoms with van der Waals surface area (Å²) in [5.74, 6) is -0.255. The maximum absolute atomic E-state index is 12.7. The molecule has 138 valence electrons. The number of carbonyl (C=O) groups is 2. The molecule has 1 fully saturated rings. The summed E-state index contributed by atoms with van der Waals surface area (Å²) in [5, 5.41) is 3.85. The average molecular weight is 362 g/mol. The second-order valence-corrected chi connectivity index (χ2v) is 7.09. The third-order valence-electron chi connectivity index (χ3n) is 5.01. The Labute approximate surface area is 157 Å². The molecular formula is C21H22N4O2. The van der Waals surface area contributed by atoms with Crippen LogP contribution in [0.3, 0.4) is 0 Å². The van der Waals surface area contributed by atoms with E-state index in [2.05, 4.69) is 10.3 Å². The topological polar surface area (TPSA) is 68.4 Å². The summed E-state index contributed by atoms with van der Waals surface area (Å²) in [6.45, 7) is 0.889. The maximum Gasteiger partial charge on any atom is 0.256 e. The molecule has 0 bridgehead atoms. The number of nitrogens with one attached hydrogen (secondary N) is 2. The third-order valence-corrected chi connectivity index (χ3v) is 5.01. The van der Waals surface area contributed by atoms with E-state index in [4.69, 9.17) is 0 Å². The summed E-state index contributed by atoms with van der Waals surface area (Å²) in [7, 11) is 3.95. The van der Waals surface area contributed by atoms with Crippen molar-refractivity contribution in [2.24, 2.45) is 5.92 Å². The lowest BCUT2D eigenvalue weighted by Crippen LogP contribution is -2.54. The van der Waals surface area contributed by atoms with Crippen LogP contribution in [-0.4, -0.2) is 48.9 Å². The highest BCUT2D eigenvalue weighted by Gasteiger charge is 2.36. The van der Waals surface area contributed by atoms with E-state index in [0.717, 1.165) is 22.3 Å². The van der Waals surface area contributed by atoms with Crippen LogP contribution in [0.1, 0.15) is 10.4 Å². The van der Waals surface area contributed by atoms with Crippen LogP contribution in [0.5, 0.6) is 0 Å². The molecule has 6 nitrogen and oxygen atoms in total. The zero-order valence-corrected chi connectivity index (χ0v) is 15.4. The first-order valence-electron chi connectivity index (χ1n) is 8.96. The molecule has 0 saturated carbocycles. The average Bonchev–Trinajstić information content (AvgIpc) is 3.05. The van der Waals surface area contributed by atoms with E-state index in [1.54, 1.807) is 11.1 Å². The predicted octanol–water partition coefficient (Wildman–Crippen LogP) is 2.94. The number of anilines is 2. The van der Waals surface area contributed by atoms with Gasteiger partial charge < -0.3 is 20.1 Å². The van der Waals surface area contributed by atoms with Gasteiger partial charge in [-0.25, -0.2) is 0 Å². The minimum atomic E-state index is -0.173. The normalized spacial score (nSPS) is 14.1. The number of H-pyrrole nitrogens is 1. The molecule has 0 aliphatic carbocycles. The molecule has 0 radical (unpaired) electrons. The fourth-order valence-corrected chi connectivity index (χ4v) is 3.32. The van der Waals surface area contributed by atoms with Crippen molar-refractivity contribution < 1.29 is 9.59 Å². The van der Waals surface area contributed by atoms with Gasteiger partial charge in [0, 0.05) is 55.7 Å².